The lowest BCUT2D eigenvalue weighted by Crippen LogP contribution is -2.35. The van der Waals surface area contributed by atoms with Gasteiger partial charge in [0.2, 0.25) is 0 Å². The Balaban J connectivity index is 2.77. The van der Waals surface area contributed by atoms with Gasteiger partial charge in [0.25, 0.3) is 0 Å². The summed E-state index contributed by atoms with van der Waals surface area (Å²) in [6.45, 7) is 9.51. The lowest BCUT2D eigenvalue weighted by Gasteiger charge is -2.27. The zero-order valence-electron chi connectivity index (χ0n) is 13.5. The molecule has 0 aromatic heterocycles. The van der Waals surface area contributed by atoms with Crippen LogP contribution >= 0.6 is 23.4 Å². The van der Waals surface area contributed by atoms with Crippen LogP contribution in [0.25, 0.3) is 0 Å². The zero-order chi connectivity index (χ0) is 15.3. The highest BCUT2D eigenvalue weighted by Gasteiger charge is 2.13. The summed E-state index contributed by atoms with van der Waals surface area (Å²) in [5.74, 6) is 1.11. The molecule has 1 aromatic rings. The molecule has 0 aliphatic heterocycles. The highest BCUT2D eigenvalue weighted by atomic mass is 35.5. The Morgan fingerprint density at radius 3 is 2.50 bits per heavy atom. The number of thioether (sulfide) groups is 1. The third-order valence-corrected chi connectivity index (χ3v) is 4.49. The Morgan fingerprint density at radius 2 is 2.00 bits per heavy atom. The van der Waals surface area contributed by atoms with E-state index in [9.17, 15) is 0 Å². The van der Waals surface area contributed by atoms with Gasteiger partial charge in [-0.05, 0) is 51.6 Å². The molecule has 0 saturated carbocycles. The summed E-state index contributed by atoms with van der Waals surface area (Å²) in [5, 5.41) is 4.30. The summed E-state index contributed by atoms with van der Waals surface area (Å²) < 4.78 is 0. The topological polar surface area (TPSA) is 15.3 Å². The zero-order valence-corrected chi connectivity index (χ0v) is 15.0. The minimum absolute atomic E-state index is 0.103. The maximum atomic E-state index is 6.41. The third-order valence-electron chi connectivity index (χ3n) is 3.32. The lowest BCUT2D eigenvalue weighted by molar-refractivity contribution is 0.424. The van der Waals surface area contributed by atoms with Crippen LogP contribution in [0, 0.1) is 0 Å². The van der Waals surface area contributed by atoms with Crippen molar-refractivity contribution in [1.82, 2.24) is 5.32 Å². The predicted molar refractivity (Wildman–Crippen MR) is 94.3 cm³/mol. The van der Waals surface area contributed by atoms with Crippen LogP contribution in [0.5, 0.6) is 0 Å². The van der Waals surface area contributed by atoms with E-state index in [0.717, 1.165) is 22.9 Å². The summed E-state index contributed by atoms with van der Waals surface area (Å²) in [7, 11) is 2.12. The predicted octanol–water partition coefficient (Wildman–Crippen LogP) is 4.42. The van der Waals surface area contributed by atoms with Gasteiger partial charge in [0.15, 0.2) is 0 Å². The smallest absolute Gasteiger partial charge is 0.0471 e. The maximum Gasteiger partial charge on any atom is 0.0471 e. The van der Waals surface area contributed by atoms with Crippen LogP contribution in [-0.2, 0) is 6.54 Å². The van der Waals surface area contributed by atoms with Gasteiger partial charge in [-0.15, -0.1) is 0 Å². The van der Waals surface area contributed by atoms with Gasteiger partial charge in [0, 0.05) is 41.6 Å². The first-order chi connectivity index (χ1) is 9.24. The molecule has 114 valence electrons. The fraction of sp³-hybridized carbons (Fsp3) is 0.625. The molecule has 0 amide bonds. The van der Waals surface area contributed by atoms with E-state index < -0.39 is 0 Å². The summed E-state index contributed by atoms with van der Waals surface area (Å²) in [4.78, 5) is 2.28. The van der Waals surface area contributed by atoms with Crippen molar-refractivity contribution in [1.29, 1.82) is 0 Å². The van der Waals surface area contributed by atoms with Crippen molar-refractivity contribution in [2.24, 2.45) is 0 Å². The number of hydrogen-bond donors (Lipinski definition) is 1. The van der Waals surface area contributed by atoms with Gasteiger partial charge in [-0.2, -0.15) is 11.8 Å². The molecule has 1 atom stereocenters. The number of halogens is 1. The van der Waals surface area contributed by atoms with Gasteiger partial charge in [-0.1, -0.05) is 17.7 Å². The average molecular weight is 315 g/mol. The fourth-order valence-corrected chi connectivity index (χ4v) is 2.81. The van der Waals surface area contributed by atoms with Crippen molar-refractivity contribution in [2.45, 2.75) is 45.8 Å². The van der Waals surface area contributed by atoms with Crippen molar-refractivity contribution in [3.63, 3.8) is 0 Å². The Kier molecular flexibility index (Phi) is 6.70. The largest absolute Gasteiger partial charge is 0.371 e. The van der Waals surface area contributed by atoms with Gasteiger partial charge >= 0.3 is 0 Å². The molecule has 0 radical (unpaired) electrons. The molecule has 0 spiro atoms. The number of rotatable bonds is 6. The van der Waals surface area contributed by atoms with E-state index in [1.54, 1.807) is 0 Å². The number of nitrogens with zero attached hydrogens (tertiary/aromatic N) is 1. The lowest BCUT2D eigenvalue weighted by atomic mass is 10.1. The van der Waals surface area contributed by atoms with Crippen LogP contribution in [-0.4, -0.2) is 30.6 Å². The molecule has 0 saturated heterocycles. The molecule has 0 aliphatic carbocycles. The molecule has 2 nitrogen and oxygen atoms in total. The van der Waals surface area contributed by atoms with E-state index in [1.165, 1.54) is 5.69 Å². The van der Waals surface area contributed by atoms with Gasteiger partial charge in [0.1, 0.15) is 0 Å². The quantitative estimate of drug-likeness (QED) is 0.837. The molecule has 1 unspecified atom stereocenters. The second-order valence-corrected chi connectivity index (χ2v) is 7.61. The molecule has 0 bridgehead atoms. The Labute approximate surface area is 133 Å². The van der Waals surface area contributed by atoms with E-state index in [4.69, 9.17) is 11.6 Å². The number of hydrogen-bond acceptors (Lipinski definition) is 3. The van der Waals surface area contributed by atoms with Crippen LogP contribution in [0.2, 0.25) is 5.02 Å². The number of nitrogens with one attached hydrogen (secondary N) is 1. The standard InChI is InChI=1S/C16H27ClN2S/c1-12(11-20-6)19(5)14-8-7-13(15(17)9-14)10-18-16(2,3)4/h7-9,12,18H,10-11H2,1-6H3. The Morgan fingerprint density at radius 1 is 1.35 bits per heavy atom. The molecule has 4 heteroatoms. The van der Waals surface area contributed by atoms with Crippen molar-refractivity contribution in [3.8, 4) is 0 Å². The van der Waals surface area contributed by atoms with Crippen molar-refractivity contribution >= 4 is 29.1 Å². The third kappa shape index (κ3) is 5.55. The van der Waals surface area contributed by atoms with Crippen molar-refractivity contribution < 1.29 is 0 Å². The molecular weight excluding hydrogens is 288 g/mol. The molecule has 20 heavy (non-hydrogen) atoms. The first-order valence-electron chi connectivity index (χ1n) is 7.00. The molecule has 0 heterocycles. The molecule has 1 N–H and O–H groups in total. The fourth-order valence-electron chi connectivity index (χ4n) is 1.87. The number of benzene rings is 1. The molecular formula is C16H27ClN2S. The van der Waals surface area contributed by atoms with E-state index in [-0.39, 0.29) is 5.54 Å². The summed E-state index contributed by atoms with van der Waals surface area (Å²) in [5.41, 5.74) is 2.43. The minimum Gasteiger partial charge on any atom is -0.371 e. The van der Waals surface area contributed by atoms with E-state index in [2.05, 4.69) is 69.4 Å². The monoisotopic (exact) mass is 314 g/mol. The molecule has 1 rings (SSSR count). The highest BCUT2D eigenvalue weighted by Crippen LogP contribution is 2.25. The normalized spacial score (nSPS) is 13.3. The van der Waals surface area contributed by atoms with Gasteiger partial charge in [0.05, 0.1) is 0 Å². The van der Waals surface area contributed by atoms with Gasteiger partial charge in [-0.3, -0.25) is 0 Å². The van der Waals surface area contributed by atoms with E-state index in [1.807, 2.05) is 11.8 Å². The SMILES string of the molecule is CSCC(C)N(C)c1ccc(CNC(C)(C)C)c(Cl)c1. The highest BCUT2D eigenvalue weighted by molar-refractivity contribution is 7.98. The first kappa shape index (κ1) is 17.7. The first-order valence-corrected chi connectivity index (χ1v) is 8.77. The van der Waals surface area contributed by atoms with Crippen LogP contribution in [0.4, 0.5) is 5.69 Å². The van der Waals surface area contributed by atoms with Crippen LogP contribution < -0.4 is 10.2 Å². The van der Waals surface area contributed by atoms with E-state index >= 15 is 0 Å². The summed E-state index contributed by atoms with van der Waals surface area (Å²) in [6.07, 6.45) is 2.14. The minimum atomic E-state index is 0.103. The Hall–Kier alpha value is -0.380. The molecule has 0 aliphatic rings. The maximum absolute atomic E-state index is 6.41. The van der Waals surface area contributed by atoms with E-state index in [0.29, 0.717) is 6.04 Å². The molecule has 0 fully saturated rings. The van der Waals surface area contributed by atoms with Crippen LogP contribution in [0.15, 0.2) is 18.2 Å². The summed E-state index contributed by atoms with van der Waals surface area (Å²) in [6, 6.07) is 6.85. The van der Waals surface area contributed by atoms with Crippen LogP contribution in [0.3, 0.4) is 0 Å². The molecule has 1 aromatic carbocycles. The van der Waals surface area contributed by atoms with Gasteiger partial charge in [-0.25, -0.2) is 0 Å². The van der Waals surface area contributed by atoms with Crippen molar-refractivity contribution in [3.05, 3.63) is 28.8 Å². The Bertz CT molecular complexity index is 429. The van der Waals surface area contributed by atoms with Crippen molar-refractivity contribution in [2.75, 3.05) is 24.0 Å². The number of anilines is 1. The average Bonchev–Trinajstić information content (AvgIpc) is 2.35. The van der Waals surface area contributed by atoms with Gasteiger partial charge < -0.3 is 10.2 Å². The summed E-state index contributed by atoms with van der Waals surface area (Å²) >= 11 is 8.28. The second kappa shape index (κ2) is 7.58. The van der Waals surface area contributed by atoms with Crippen LogP contribution in [0.1, 0.15) is 33.3 Å². The second-order valence-electron chi connectivity index (χ2n) is 6.29.